The first kappa shape index (κ1) is 18.1. The van der Waals surface area contributed by atoms with E-state index in [1.807, 2.05) is 0 Å². The smallest absolute Gasteiger partial charge is 0.224 e. The number of rotatable bonds is 5. The van der Waals surface area contributed by atoms with Crippen LogP contribution < -0.4 is 10.2 Å². The standard InChI is InChI=1S/C15H23N5O4S/c1-25(23,24)19-6-4-12(5-7-19)17-15-16-10-11-2-3-13(22)20(8-9-21)14(11)18-15/h2-3,10,12-13,21-22H,4-9H2,1H3,(H,16,17,18). The first-order chi connectivity index (χ1) is 11.9. The van der Waals surface area contributed by atoms with Gasteiger partial charge in [0, 0.05) is 37.4 Å². The van der Waals surface area contributed by atoms with Crippen molar-refractivity contribution >= 4 is 27.9 Å². The zero-order valence-corrected chi connectivity index (χ0v) is 14.9. The molecule has 0 radical (unpaired) electrons. The number of hydrogen-bond donors (Lipinski definition) is 3. The second-order valence-corrected chi connectivity index (χ2v) is 8.23. The van der Waals surface area contributed by atoms with Gasteiger partial charge in [0.25, 0.3) is 0 Å². The molecule has 2 aliphatic heterocycles. The third kappa shape index (κ3) is 4.09. The summed E-state index contributed by atoms with van der Waals surface area (Å²) < 4.78 is 24.6. The molecule has 2 aliphatic rings. The first-order valence-electron chi connectivity index (χ1n) is 8.21. The van der Waals surface area contributed by atoms with Gasteiger partial charge < -0.3 is 20.4 Å². The fraction of sp³-hybridized carbons (Fsp3) is 0.600. The molecule has 1 aromatic rings. The van der Waals surface area contributed by atoms with Gasteiger partial charge in [0.1, 0.15) is 12.0 Å². The number of aromatic nitrogens is 2. The molecule has 1 saturated heterocycles. The lowest BCUT2D eigenvalue weighted by molar-refractivity contribution is 0.200. The highest BCUT2D eigenvalue weighted by Crippen LogP contribution is 2.27. The molecule has 3 N–H and O–H groups in total. The molecule has 0 bridgehead atoms. The van der Waals surface area contributed by atoms with Crippen molar-refractivity contribution in [2.45, 2.75) is 25.1 Å². The molecule has 1 unspecified atom stereocenters. The maximum atomic E-state index is 11.6. The van der Waals surface area contributed by atoms with Gasteiger partial charge in [-0.15, -0.1) is 0 Å². The molecule has 25 heavy (non-hydrogen) atoms. The molecule has 9 nitrogen and oxygen atoms in total. The van der Waals surface area contributed by atoms with Gasteiger partial charge in [0.2, 0.25) is 16.0 Å². The Morgan fingerprint density at radius 2 is 2.08 bits per heavy atom. The molecule has 0 aromatic carbocycles. The van der Waals surface area contributed by atoms with Gasteiger partial charge in [-0.05, 0) is 25.0 Å². The first-order valence-corrected chi connectivity index (χ1v) is 10.1. The number of piperidine rings is 1. The Balaban J connectivity index is 1.70. The number of aliphatic hydroxyl groups excluding tert-OH is 2. The number of aliphatic hydroxyl groups is 2. The van der Waals surface area contributed by atoms with Crippen LogP contribution >= 0.6 is 0 Å². The monoisotopic (exact) mass is 369 g/mol. The maximum absolute atomic E-state index is 11.6. The number of nitrogens with zero attached hydrogens (tertiary/aromatic N) is 4. The fourth-order valence-corrected chi connectivity index (χ4v) is 3.95. The predicted octanol–water partition coefficient (Wildman–Crippen LogP) is -0.544. The molecule has 1 atom stereocenters. The number of β-amino-alcohol motifs (C(OH)–C–C–N with tert-alkyl or cyclic N) is 1. The van der Waals surface area contributed by atoms with Gasteiger partial charge in [-0.3, -0.25) is 0 Å². The second kappa shape index (κ2) is 7.24. The van der Waals surface area contributed by atoms with Crippen LogP contribution in [0.1, 0.15) is 18.4 Å². The third-order valence-electron chi connectivity index (χ3n) is 4.43. The number of hydrogen-bond acceptors (Lipinski definition) is 8. The van der Waals surface area contributed by atoms with Gasteiger partial charge in [0.05, 0.1) is 12.9 Å². The van der Waals surface area contributed by atoms with Crippen molar-refractivity contribution in [1.82, 2.24) is 14.3 Å². The Labute approximate surface area is 147 Å². The van der Waals surface area contributed by atoms with Crippen molar-refractivity contribution in [3.8, 4) is 0 Å². The van der Waals surface area contributed by atoms with Crippen LogP contribution in [0.5, 0.6) is 0 Å². The van der Waals surface area contributed by atoms with E-state index in [-0.39, 0.29) is 19.2 Å². The Hall–Kier alpha value is -1.75. The van der Waals surface area contributed by atoms with Crippen LogP contribution in [0.3, 0.4) is 0 Å². The quantitative estimate of drug-likeness (QED) is 0.633. The lowest BCUT2D eigenvalue weighted by Crippen LogP contribution is -2.42. The Morgan fingerprint density at radius 1 is 1.36 bits per heavy atom. The van der Waals surface area contributed by atoms with Gasteiger partial charge in [-0.25, -0.2) is 17.7 Å². The Bertz CT molecular complexity index is 746. The van der Waals surface area contributed by atoms with Crippen molar-refractivity contribution in [1.29, 1.82) is 0 Å². The average Bonchev–Trinajstić information content (AvgIpc) is 2.57. The van der Waals surface area contributed by atoms with E-state index in [0.717, 1.165) is 5.56 Å². The zero-order valence-electron chi connectivity index (χ0n) is 14.0. The zero-order chi connectivity index (χ0) is 18.0. The van der Waals surface area contributed by atoms with Crippen molar-refractivity contribution in [3.05, 3.63) is 17.8 Å². The van der Waals surface area contributed by atoms with Crippen LogP contribution in [0.25, 0.3) is 6.08 Å². The lowest BCUT2D eigenvalue weighted by Gasteiger charge is -2.32. The number of nitrogens with one attached hydrogen (secondary N) is 1. The lowest BCUT2D eigenvalue weighted by atomic mass is 10.1. The van der Waals surface area contributed by atoms with Crippen molar-refractivity contribution in [2.75, 3.05) is 42.7 Å². The summed E-state index contributed by atoms with van der Waals surface area (Å²) in [4.78, 5) is 10.4. The molecule has 3 rings (SSSR count). The van der Waals surface area contributed by atoms with Crippen molar-refractivity contribution in [3.63, 3.8) is 0 Å². The van der Waals surface area contributed by atoms with E-state index < -0.39 is 16.3 Å². The van der Waals surface area contributed by atoms with Crippen LogP contribution in [-0.2, 0) is 10.0 Å². The van der Waals surface area contributed by atoms with Gasteiger partial charge >= 0.3 is 0 Å². The largest absolute Gasteiger partial charge is 0.395 e. The normalized spacial score (nSPS) is 22.0. The molecule has 138 valence electrons. The van der Waals surface area contributed by atoms with Gasteiger partial charge in [-0.2, -0.15) is 4.98 Å². The van der Waals surface area contributed by atoms with Crippen molar-refractivity contribution < 1.29 is 18.6 Å². The summed E-state index contributed by atoms with van der Waals surface area (Å²) in [5, 5.41) is 22.5. The summed E-state index contributed by atoms with van der Waals surface area (Å²) in [6.07, 6.45) is 6.79. The molecular formula is C15H23N5O4S. The second-order valence-electron chi connectivity index (χ2n) is 6.24. The minimum atomic E-state index is -3.15. The maximum Gasteiger partial charge on any atom is 0.224 e. The van der Waals surface area contributed by atoms with Crippen LogP contribution in [-0.4, -0.2) is 77.7 Å². The van der Waals surface area contributed by atoms with Crippen LogP contribution in [0.2, 0.25) is 0 Å². The molecule has 0 spiro atoms. The van der Waals surface area contributed by atoms with E-state index in [1.54, 1.807) is 23.2 Å². The van der Waals surface area contributed by atoms with Crippen LogP contribution in [0.4, 0.5) is 11.8 Å². The topological polar surface area (TPSA) is 119 Å². The van der Waals surface area contributed by atoms with Gasteiger partial charge in [-0.1, -0.05) is 0 Å². The Morgan fingerprint density at radius 3 is 2.72 bits per heavy atom. The molecule has 10 heteroatoms. The molecular weight excluding hydrogens is 346 g/mol. The van der Waals surface area contributed by atoms with Crippen molar-refractivity contribution in [2.24, 2.45) is 0 Å². The minimum Gasteiger partial charge on any atom is -0.395 e. The SMILES string of the molecule is CS(=O)(=O)N1CCC(Nc2ncc3c(n2)N(CCO)C(O)C=C3)CC1. The van der Waals surface area contributed by atoms with E-state index in [2.05, 4.69) is 15.3 Å². The molecule has 1 fully saturated rings. The summed E-state index contributed by atoms with van der Waals surface area (Å²) in [6.45, 7) is 1.11. The minimum absolute atomic E-state index is 0.0893. The van der Waals surface area contributed by atoms with E-state index >= 15 is 0 Å². The summed E-state index contributed by atoms with van der Waals surface area (Å²) in [6, 6.07) is 0.0893. The highest BCUT2D eigenvalue weighted by molar-refractivity contribution is 7.88. The van der Waals surface area contributed by atoms with Crippen LogP contribution in [0.15, 0.2) is 12.3 Å². The van der Waals surface area contributed by atoms with E-state index in [0.29, 0.717) is 37.7 Å². The van der Waals surface area contributed by atoms with E-state index in [9.17, 15) is 18.6 Å². The van der Waals surface area contributed by atoms with E-state index in [4.69, 9.17) is 0 Å². The number of sulfonamides is 1. The average molecular weight is 369 g/mol. The van der Waals surface area contributed by atoms with E-state index in [1.165, 1.54) is 10.6 Å². The highest BCUT2D eigenvalue weighted by Gasteiger charge is 2.26. The molecule has 3 heterocycles. The molecule has 0 aliphatic carbocycles. The number of fused-ring (bicyclic) bond motifs is 1. The predicted molar refractivity (Wildman–Crippen MR) is 94.6 cm³/mol. The summed E-state index contributed by atoms with van der Waals surface area (Å²) in [7, 11) is -3.15. The Kier molecular flexibility index (Phi) is 5.23. The van der Waals surface area contributed by atoms with Gasteiger partial charge in [0.15, 0.2) is 0 Å². The third-order valence-corrected chi connectivity index (χ3v) is 5.74. The summed E-state index contributed by atoms with van der Waals surface area (Å²) >= 11 is 0. The molecule has 1 aromatic heterocycles. The molecule has 0 saturated carbocycles. The number of anilines is 2. The van der Waals surface area contributed by atoms with Crippen LogP contribution in [0, 0.1) is 0 Å². The summed E-state index contributed by atoms with van der Waals surface area (Å²) in [5.74, 6) is 0.997. The summed E-state index contributed by atoms with van der Waals surface area (Å²) in [5.41, 5.74) is 0.774. The fourth-order valence-electron chi connectivity index (χ4n) is 3.08. The highest BCUT2D eigenvalue weighted by atomic mass is 32.2. The molecule has 0 amide bonds.